The van der Waals surface area contributed by atoms with Gasteiger partial charge in [0.05, 0.1) is 5.69 Å². The Balaban J connectivity index is 1.83. The lowest BCUT2D eigenvalue weighted by molar-refractivity contribution is 0.622. The van der Waals surface area contributed by atoms with Crippen molar-refractivity contribution in [2.45, 2.75) is 50.1 Å². The Morgan fingerprint density at radius 3 is 2.95 bits per heavy atom. The molecule has 2 aromatic heterocycles. The highest BCUT2D eigenvalue weighted by Gasteiger charge is 2.18. The molecular weight excluding hydrogens is 266 g/mol. The van der Waals surface area contributed by atoms with Crippen LogP contribution in [0.15, 0.2) is 29.4 Å². The molecule has 0 radical (unpaired) electrons. The number of rotatable bonds is 5. The molecule has 0 saturated heterocycles. The monoisotopic (exact) mass is 289 g/mol. The summed E-state index contributed by atoms with van der Waals surface area (Å²) in [6.45, 7) is 2.06. The fourth-order valence-corrected chi connectivity index (χ4v) is 4.24. The van der Waals surface area contributed by atoms with E-state index in [0.717, 1.165) is 18.0 Å². The van der Waals surface area contributed by atoms with Crippen molar-refractivity contribution < 1.29 is 0 Å². The Kier molecular flexibility index (Phi) is 4.32. The molecular formula is C16H23N3S. The third-order valence-corrected chi connectivity index (χ3v) is 5.28. The summed E-state index contributed by atoms with van der Waals surface area (Å²) in [5.41, 5.74) is 8.33. The summed E-state index contributed by atoms with van der Waals surface area (Å²) >= 11 is 1.92. The number of aromatic nitrogens is 2. The van der Waals surface area contributed by atoms with Crippen molar-refractivity contribution in [3.63, 3.8) is 0 Å². The Hall–Kier alpha value is -1.00. The summed E-state index contributed by atoms with van der Waals surface area (Å²) in [7, 11) is 0. The topological polar surface area (TPSA) is 43.3 Å². The normalized spacial score (nSPS) is 17.9. The van der Waals surface area contributed by atoms with E-state index in [-0.39, 0.29) is 6.04 Å². The van der Waals surface area contributed by atoms with Gasteiger partial charge in [0.1, 0.15) is 10.7 Å². The van der Waals surface area contributed by atoms with Crippen LogP contribution in [0, 0.1) is 5.92 Å². The first-order chi connectivity index (χ1) is 9.74. The molecule has 1 atom stereocenters. The van der Waals surface area contributed by atoms with Crippen molar-refractivity contribution in [3.05, 3.63) is 30.1 Å². The van der Waals surface area contributed by atoms with E-state index in [4.69, 9.17) is 10.7 Å². The highest BCUT2D eigenvalue weighted by molar-refractivity contribution is 7.99. The van der Waals surface area contributed by atoms with Gasteiger partial charge in [-0.05, 0) is 37.8 Å². The Bertz CT molecular complexity index is 570. The molecule has 0 spiro atoms. The molecule has 2 N–H and O–H groups in total. The van der Waals surface area contributed by atoms with E-state index in [1.54, 1.807) is 0 Å². The Labute approximate surface area is 125 Å². The first-order valence-electron chi connectivity index (χ1n) is 7.58. The second-order valence-corrected chi connectivity index (χ2v) is 6.94. The first-order valence-corrected chi connectivity index (χ1v) is 8.57. The number of nitrogens with zero attached hydrogens (tertiary/aromatic N) is 2. The van der Waals surface area contributed by atoms with Crippen LogP contribution in [-0.4, -0.2) is 21.2 Å². The minimum Gasteiger partial charge on any atom is -0.328 e. The summed E-state index contributed by atoms with van der Waals surface area (Å²) in [6, 6.07) is 6.35. The van der Waals surface area contributed by atoms with Gasteiger partial charge < -0.3 is 10.1 Å². The number of nitrogens with two attached hydrogens (primary N) is 1. The Morgan fingerprint density at radius 2 is 2.20 bits per heavy atom. The quantitative estimate of drug-likeness (QED) is 0.857. The standard InChI is InChI=1S/C16H23N3S/c1-12(17)10-14-16(20-11-13-6-2-3-7-13)18-15-8-4-5-9-19(14)15/h4-5,8-9,12-13H,2-3,6-7,10-11,17H2,1H3. The molecule has 3 nitrogen and oxygen atoms in total. The zero-order valence-corrected chi connectivity index (χ0v) is 12.9. The summed E-state index contributed by atoms with van der Waals surface area (Å²) < 4.78 is 2.19. The average molecular weight is 289 g/mol. The largest absolute Gasteiger partial charge is 0.328 e. The van der Waals surface area contributed by atoms with Crippen molar-refractivity contribution >= 4 is 17.4 Å². The molecule has 2 aromatic rings. The number of fused-ring (bicyclic) bond motifs is 1. The maximum Gasteiger partial charge on any atom is 0.138 e. The van der Waals surface area contributed by atoms with Crippen LogP contribution in [0.2, 0.25) is 0 Å². The third kappa shape index (κ3) is 3.01. The van der Waals surface area contributed by atoms with Gasteiger partial charge in [-0.2, -0.15) is 0 Å². The van der Waals surface area contributed by atoms with Gasteiger partial charge in [0.2, 0.25) is 0 Å². The number of pyridine rings is 1. The molecule has 20 heavy (non-hydrogen) atoms. The number of hydrogen-bond donors (Lipinski definition) is 1. The van der Waals surface area contributed by atoms with E-state index in [0.29, 0.717) is 0 Å². The van der Waals surface area contributed by atoms with Gasteiger partial charge in [-0.1, -0.05) is 18.9 Å². The van der Waals surface area contributed by atoms with Crippen LogP contribution < -0.4 is 5.73 Å². The smallest absolute Gasteiger partial charge is 0.138 e. The maximum absolute atomic E-state index is 6.01. The fraction of sp³-hybridized carbons (Fsp3) is 0.562. The zero-order valence-electron chi connectivity index (χ0n) is 12.1. The van der Waals surface area contributed by atoms with E-state index >= 15 is 0 Å². The predicted octanol–water partition coefficient (Wildman–Crippen LogP) is 3.51. The van der Waals surface area contributed by atoms with Crippen molar-refractivity contribution in [2.24, 2.45) is 11.7 Å². The lowest BCUT2D eigenvalue weighted by Crippen LogP contribution is -2.19. The molecule has 3 rings (SSSR count). The van der Waals surface area contributed by atoms with Crippen LogP contribution in [0.3, 0.4) is 0 Å². The molecule has 0 aromatic carbocycles. The van der Waals surface area contributed by atoms with Gasteiger partial charge in [-0.15, -0.1) is 11.8 Å². The van der Waals surface area contributed by atoms with E-state index in [1.807, 2.05) is 17.8 Å². The van der Waals surface area contributed by atoms with Crippen molar-refractivity contribution in [3.8, 4) is 0 Å². The van der Waals surface area contributed by atoms with Crippen LogP contribution in [0.5, 0.6) is 0 Å². The third-order valence-electron chi connectivity index (χ3n) is 4.04. The summed E-state index contributed by atoms with van der Waals surface area (Å²) in [6.07, 6.45) is 8.58. The van der Waals surface area contributed by atoms with Gasteiger partial charge in [0, 0.05) is 24.4 Å². The van der Waals surface area contributed by atoms with E-state index in [2.05, 4.69) is 29.7 Å². The lowest BCUT2D eigenvalue weighted by Gasteiger charge is -2.10. The molecule has 108 valence electrons. The minimum atomic E-state index is 0.168. The fourth-order valence-electron chi connectivity index (χ4n) is 3.01. The van der Waals surface area contributed by atoms with Crippen LogP contribution in [0.4, 0.5) is 0 Å². The predicted molar refractivity (Wildman–Crippen MR) is 85.2 cm³/mol. The molecule has 2 heterocycles. The van der Waals surface area contributed by atoms with Crippen molar-refractivity contribution in [1.29, 1.82) is 0 Å². The van der Waals surface area contributed by atoms with Gasteiger partial charge >= 0.3 is 0 Å². The molecule has 1 saturated carbocycles. The average Bonchev–Trinajstić information content (AvgIpc) is 3.04. The second-order valence-electron chi connectivity index (χ2n) is 5.94. The molecule has 1 fully saturated rings. The van der Waals surface area contributed by atoms with Crippen molar-refractivity contribution in [1.82, 2.24) is 9.38 Å². The van der Waals surface area contributed by atoms with Crippen LogP contribution in [0.1, 0.15) is 38.3 Å². The molecule has 0 amide bonds. The first kappa shape index (κ1) is 14.0. The Morgan fingerprint density at radius 1 is 1.40 bits per heavy atom. The lowest BCUT2D eigenvalue weighted by atomic mass is 10.1. The number of imidazole rings is 1. The van der Waals surface area contributed by atoms with E-state index in [1.165, 1.54) is 42.2 Å². The summed E-state index contributed by atoms with van der Waals surface area (Å²) in [5, 5.41) is 1.18. The SMILES string of the molecule is CC(N)Cc1c(SCC2CCCC2)nc2ccccn12. The van der Waals surface area contributed by atoms with Crippen LogP contribution in [-0.2, 0) is 6.42 Å². The molecule has 4 heteroatoms. The summed E-state index contributed by atoms with van der Waals surface area (Å²) in [5.74, 6) is 2.09. The van der Waals surface area contributed by atoms with Gasteiger partial charge in [-0.25, -0.2) is 4.98 Å². The van der Waals surface area contributed by atoms with Crippen LogP contribution >= 0.6 is 11.8 Å². The summed E-state index contributed by atoms with van der Waals surface area (Å²) in [4.78, 5) is 4.80. The molecule has 0 bridgehead atoms. The number of thioether (sulfide) groups is 1. The number of hydrogen-bond acceptors (Lipinski definition) is 3. The molecule has 1 aliphatic rings. The van der Waals surface area contributed by atoms with Gasteiger partial charge in [-0.3, -0.25) is 0 Å². The molecule has 0 aliphatic heterocycles. The highest BCUT2D eigenvalue weighted by atomic mass is 32.2. The van der Waals surface area contributed by atoms with Crippen molar-refractivity contribution in [2.75, 3.05) is 5.75 Å². The minimum absolute atomic E-state index is 0.168. The molecule has 1 unspecified atom stereocenters. The van der Waals surface area contributed by atoms with Gasteiger partial charge in [0.15, 0.2) is 0 Å². The van der Waals surface area contributed by atoms with Crippen LogP contribution in [0.25, 0.3) is 5.65 Å². The van der Waals surface area contributed by atoms with E-state index in [9.17, 15) is 0 Å². The maximum atomic E-state index is 6.01. The molecule has 1 aliphatic carbocycles. The van der Waals surface area contributed by atoms with E-state index < -0.39 is 0 Å². The van der Waals surface area contributed by atoms with Gasteiger partial charge in [0.25, 0.3) is 0 Å². The highest BCUT2D eigenvalue weighted by Crippen LogP contribution is 2.32. The second kappa shape index (κ2) is 6.19. The zero-order chi connectivity index (χ0) is 13.9.